The normalized spacial score (nSPS) is 20.6. The van der Waals surface area contributed by atoms with E-state index in [2.05, 4.69) is 97.5 Å². The molecule has 21 nitrogen and oxygen atoms in total. The summed E-state index contributed by atoms with van der Waals surface area (Å²) >= 11 is 0. The van der Waals surface area contributed by atoms with Crippen molar-refractivity contribution in [3.8, 4) is 41.1 Å². The molecule has 2 heterocycles. The van der Waals surface area contributed by atoms with Gasteiger partial charge in [-0.25, -0.2) is 14.4 Å². The lowest BCUT2D eigenvalue weighted by Gasteiger charge is -2.30. The van der Waals surface area contributed by atoms with Crippen molar-refractivity contribution in [1.29, 1.82) is 15.8 Å². The number of hydrogen-bond donors (Lipinski definition) is 4. The van der Waals surface area contributed by atoms with E-state index in [1.807, 2.05) is 101 Å². The van der Waals surface area contributed by atoms with Crippen molar-refractivity contribution in [3.63, 3.8) is 0 Å². The van der Waals surface area contributed by atoms with E-state index in [-0.39, 0.29) is 46.5 Å². The predicted molar refractivity (Wildman–Crippen MR) is 361 cm³/mol. The number of aromatic carboxylic acids is 1. The van der Waals surface area contributed by atoms with Gasteiger partial charge in [0.2, 0.25) is 0 Å². The fraction of sp³-hybridized carbons (Fsp3) is 0.382. The van der Waals surface area contributed by atoms with Gasteiger partial charge >= 0.3 is 18.2 Å². The highest BCUT2D eigenvalue weighted by Crippen LogP contribution is 2.54. The van der Waals surface area contributed by atoms with Gasteiger partial charge in [0.1, 0.15) is 17.0 Å². The van der Waals surface area contributed by atoms with E-state index in [0.29, 0.717) is 71.2 Å². The van der Waals surface area contributed by atoms with Gasteiger partial charge in [-0.2, -0.15) is 25.8 Å². The molecule has 0 spiro atoms. The van der Waals surface area contributed by atoms with Crippen LogP contribution in [0.15, 0.2) is 178 Å². The van der Waals surface area contributed by atoms with Crippen LogP contribution in [0.5, 0.6) is 0 Å². The maximum absolute atomic E-state index is 13.3. The zero-order chi connectivity index (χ0) is 68.7. The average molecular weight is 1310 g/mol. The molecule has 6 atom stereocenters. The van der Waals surface area contributed by atoms with Crippen LogP contribution in [0, 0.1) is 39.4 Å². The topological polar surface area (TPSA) is 316 Å². The number of nitrogens with two attached hydrogens (primary N) is 1. The van der Waals surface area contributed by atoms with E-state index in [0.717, 1.165) is 74.9 Å². The quantitative estimate of drug-likeness (QED) is 0.0268. The first kappa shape index (κ1) is 67.7. The monoisotopic (exact) mass is 1300 g/mol. The lowest BCUT2D eigenvalue weighted by Crippen LogP contribution is -2.45. The number of amides is 2. The summed E-state index contributed by atoms with van der Waals surface area (Å²) in [6.45, 7) is 13.1. The molecule has 2 amide bonds. The summed E-state index contributed by atoms with van der Waals surface area (Å²) in [7, 11) is 0. The Bertz CT molecular complexity index is 4210. The summed E-state index contributed by atoms with van der Waals surface area (Å²) in [4.78, 5) is 49.4. The number of nitrogens with zero attached hydrogens (tertiary/aromatic N) is 10. The van der Waals surface area contributed by atoms with E-state index in [9.17, 15) is 14.4 Å². The second kappa shape index (κ2) is 28.3. The molecule has 6 saturated carbocycles. The van der Waals surface area contributed by atoms with Gasteiger partial charge in [-0.05, 0) is 189 Å². The Morgan fingerprint density at radius 2 is 0.959 bits per heavy atom. The van der Waals surface area contributed by atoms with Gasteiger partial charge in [0, 0.05) is 77.5 Å². The van der Waals surface area contributed by atoms with E-state index in [1.165, 1.54) is 47.4 Å². The third-order valence-corrected chi connectivity index (χ3v) is 18.5. The predicted octanol–water partition coefficient (Wildman–Crippen LogP) is 13.8. The number of carbonyl (C=O) groups excluding carboxylic acids is 2. The third kappa shape index (κ3) is 17.1. The number of amidine groups is 1. The number of rotatable bonds is 18. The van der Waals surface area contributed by atoms with Crippen LogP contribution in [0.4, 0.5) is 9.59 Å². The number of carboxylic acids is 1. The van der Waals surface area contributed by atoms with E-state index in [1.54, 1.807) is 41.3 Å². The summed E-state index contributed by atoms with van der Waals surface area (Å²) in [5.41, 5.74) is 11.4. The Morgan fingerprint density at radius 3 is 1.33 bits per heavy atom. The number of oxime groups is 1. The first-order valence-electron chi connectivity index (χ1n) is 32.8. The van der Waals surface area contributed by atoms with Crippen molar-refractivity contribution in [3.05, 3.63) is 214 Å². The summed E-state index contributed by atoms with van der Waals surface area (Å²) in [5, 5.41) is 59.3. The Hall–Kier alpha value is -10.7. The fourth-order valence-corrected chi connectivity index (χ4v) is 12.1. The SMILES string of the molecule is CC(C)(C)OC(=O)N(CC1(C(N)=NO)CC1)[C@H]1C[C@@H]1c1ccccc1.CC(C)(C)OC(=O)N(CC1(c2noc(-c3ccc(C#N)cc3)n2)CC1)[C@H]1C[C@@H]1c1ccccc1.N#Cc1ccc(-c2nc(C3(CN[C@H]4C[C@@H]4c4ccccc4)CC3)no2)cc1.N#Cc1ccc(C(=O)O)cc1. The molecular weight excluding hydrogens is 1220 g/mol. The zero-order valence-corrected chi connectivity index (χ0v) is 55.3. The molecule has 0 saturated heterocycles. The number of aromatic nitrogens is 4. The van der Waals surface area contributed by atoms with Gasteiger partial charge in [-0.1, -0.05) is 106 Å². The van der Waals surface area contributed by atoms with E-state index >= 15 is 0 Å². The summed E-state index contributed by atoms with van der Waals surface area (Å²) < 4.78 is 22.5. The van der Waals surface area contributed by atoms with Crippen LogP contribution in [-0.4, -0.2) is 113 Å². The second-order valence-corrected chi connectivity index (χ2v) is 28.1. The lowest BCUT2D eigenvalue weighted by molar-refractivity contribution is 0.0197. The molecule has 2 aromatic heterocycles. The average Bonchev–Trinajstić information content (AvgIpc) is 1.57. The number of hydrogen-bond acceptors (Lipinski definition) is 17. The number of benzene rings is 6. The van der Waals surface area contributed by atoms with E-state index in [4.69, 9.17) is 50.4 Å². The van der Waals surface area contributed by atoms with Crippen LogP contribution in [0.3, 0.4) is 0 Å². The molecule has 21 heteroatoms. The molecule has 0 unspecified atom stereocenters. The molecule has 8 aromatic rings. The van der Waals surface area contributed by atoms with Crippen molar-refractivity contribution >= 4 is 24.0 Å². The Labute approximate surface area is 564 Å². The molecular formula is C76H80N12O9. The molecule has 0 bridgehead atoms. The van der Waals surface area contributed by atoms with Gasteiger partial charge < -0.3 is 49.7 Å². The lowest BCUT2D eigenvalue weighted by atomic mass is 10.0. The van der Waals surface area contributed by atoms with Gasteiger partial charge in [-0.15, -0.1) is 0 Å². The molecule has 14 rings (SSSR count). The molecule has 0 aliphatic heterocycles. The minimum absolute atomic E-state index is 0.0121. The van der Waals surface area contributed by atoms with Crippen LogP contribution >= 0.6 is 0 Å². The molecule has 97 heavy (non-hydrogen) atoms. The van der Waals surface area contributed by atoms with Gasteiger partial charge in [0.05, 0.1) is 45.9 Å². The third-order valence-electron chi connectivity index (χ3n) is 18.5. The number of carboxylic acid groups (broad SMARTS) is 1. The molecule has 498 valence electrons. The van der Waals surface area contributed by atoms with Crippen molar-refractivity contribution in [2.45, 2.75) is 157 Å². The molecule has 6 fully saturated rings. The van der Waals surface area contributed by atoms with Crippen LogP contribution in [0.1, 0.15) is 172 Å². The number of nitrogens with one attached hydrogen (secondary N) is 1. The van der Waals surface area contributed by atoms with Crippen LogP contribution in [0.2, 0.25) is 0 Å². The van der Waals surface area contributed by atoms with Gasteiger partial charge in [-0.3, -0.25) is 0 Å². The van der Waals surface area contributed by atoms with Crippen LogP contribution in [0.25, 0.3) is 22.9 Å². The van der Waals surface area contributed by atoms with Crippen LogP contribution in [-0.2, 0) is 20.3 Å². The highest BCUT2D eigenvalue weighted by atomic mass is 16.6. The molecule has 6 aliphatic rings. The van der Waals surface area contributed by atoms with Crippen molar-refractivity contribution < 1.29 is 43.2 Å². The number of carbonyl (C=O) groups is 3. The highest BCUT2D eigenvalue weighted by Gasteiger charge is 2.57. The minimum atomic E-state index is -0.977. The maximum Gasteiger partial charge on any atom is 0.410 e. The maximum atomic E-state index is 13.3. The van der Waals surface area contributed by atoms with Crippen molar-refractivity contribution in [2.24, 2.45) is 16.3 Å². The summed E-state index contributed by atoms with van der Waals surface area (Å²) in [5.74, 6) is 2.84. The minimum Gasteiger partial charge on any atom is -0.478 e. The fourth-order valence-electron chi connectivity index (χ4n) is 12.1. The number of ether oxygens (including phenoxy) is 2. The standard InChI is InChI=1S/C27H28N4O3.C22H20N4O.C19H27N3O3.C8H5NO2/c1-26(2,3)33-25(32)31(22-15-21(22)19-7-5-4-6-8-19)17-27(13-14-27)24-29-23(34-30-24)20-11-9-18(16-28)10-12-20;23-13-15-6-8-17(9-7-15)20-25-21(26-27-20)22(10-11-22)14-24-19-12-18(19)16-4-2-1-3-5-16;1-18(2,3)25-17(23)22(12-19(9-10-19)16(20)21-24)15-11-14(15)13-7-5-4-6-8-13;9-5-6-1-3-7(4-2-6)8(10)11/h4-12,21-22H,13-15,17H2,1-3H3;1-9,18-19,24H,10-12,14H2;4-8,14-15,24H,9-12H2,1-3H3,(H2,20,21);1-4H,(H,10,11)/t21-,22+;18-,19+;14-,15+;/m111./s1. The Morgan fingerprint density at radius 1 is 0.567 bits per heavy atom. The Kier molecular flexibility index (Phi) is 19.8. The summed E-state index contributed by atoms with van der Waals surface area (Å²) in [6.07, 6.45) is 8.02. The molecule has 6 aromatic carbocycles. The molecule has 6 aliphatic carbocycles. The number of nitriles is 3. The van der Waals surface area contributed by atoms with Crippen molar-refractivity contribution in [2.75, 3.05) is 19.6 Å². The first-order valence-corrected chi connectivity index (χ1v) is 32.8. The summed E-state index contributed by atoms with van der Waals surface area (Å²) in [6, 6.07) is 58.2. The Balaban J connectivity index is 0.000000138. The molecule has 5 N–H and O–H groups in total. The van der Waals surface area contributed by atoms with Crippen LogP contribution < -0.4 is 11.1 Å². The van der Waals surface area contributed by atoms with Crippen molar-refractivity contribution in [1.82, 2.24) is 35.4 Å². The van der Waals surface area contributed by atoms with Gasteiger partial charge in [0.25, 0.3) is 11.8 Å². The largest absolute Gasteiger partial charge is 0.478 e. The smallest absolute Gasteiger partial charge is 0.410 e. The second-order valence-electron chi connectivity index (χ2n) is 28.1. The first-order chi connectivity index (χ1) is 46.5. The molecule has 0 radical (unpaired) electrons. The van der Waals surface area contributed by atoms with E-state index < -0.39 is 22.6 Å². The zero-order valence-electron chi connectivity index (χ0n) is 55.3. The highest BCUT2D eigenvalue weighted by molar-refractivity contribution is 5.89. The van der Waals surface area contributed by atoms with Gasteiger partial charge in [0.15, 0.2) is 11.6 Å².